The fraction of sp³-hybridized carbons (Fsp3) is 0.545. The van der Waals surface area contributed by atoms with E-state index in [2.05, 4.69) is 22.1 Å². The van der Waals surface area contributed by atoms with Crippen molar-refractivity contribution in [3.63, 3.8) is 0 Å². The smallest absolute Gasteiger partial charge is 0.211 e. The molecule has 0 aliphatic rings. The lowest BCUT2D eigenvalue weighted by Gasteiger charge is -2.07. The molecule has 0 radical (unpaired) electrons. The van der Waals surface area contributed by atoms with E-state index < -0.39 is 0 Å². The lowest BCUT2D eigenvalue weighted by Crippen LogP contribution is -2.19. The molecule has 3 heteroatoms. The van der Waals surface area contributed by atoms with Crippen LogP contribution in [0.25, 0.3) is 0 Å². The summed E-state index contributed by atoms with van der Waals surface area (Å²) in [7, 11) is 0. The number of nitrogens with zero attached hydrogens (tertiary/aromatic N) is 1. The van der Waals surface area contributed by atoms with E-state index in [0.717, 1.165) is 24.6 Å². The van der Waals surface area contributed by atoms with Crippen LogP contribution in [0.5, 0.6) is 0 Å². The summed E-state index contributed by atoms with van der Waals surface area (Å²) >= 11 is 0. The maximum absolute atomic E-state index is 5.39. The van der Waals surface area contributed by atoms with Crippen LogP contribution in [0.2, 0.25) is 0 Å². The molecule has 1 heterocycles. The van der Waals surface area contributed by atoms with Crippen LogP contribution < -0.4 is 5.32 Å². The minimum absolute atomic E-state index is 0.155. The van der Waals surface area contributed by atoms with E-state index in [1.165, 1.54) is 0 Å². The summed E-state index contributed by atoms with van der Waals surface area (Å²) in [6, 6.07) is 0.155. The monoisotopic (exact) mass is 192 g/mol. The molecule has 1 aromatic rings. The molecule has 76 valence electrons. The number of hydrogen-bond donors (Lipinski definition) is 1. The highest BCUT2D eigenvalue weighted by Gasteiger charge is 2.09. The molecule has 3 nitrogen and oxygen atoms in total. The predicted octanol–water partition coefficient (Wildman–Crippen LogP) is 2.05. The summed E-state index contributed by atoms with van der Waals surface area (Å²) in [5.41, 5.74) is 0. The van der Waals surface area contributed by atoms with Crippen LogP contribution in [0.3, 0.4) is 0 Å². The Balaban J connectivity index is 2.34. The van der Waals surface area contributed by atoms with E-state index in [1.807, 2.05) is 20.8 Å². The molecule has 0 amide bonds. The van der Waals surface area contributed by atoms with Crippen molar-refractivity contribution in [3.05, 3.63) is 17.8 Å². The van der Waals surface area contributed by atoms with Crippen LogP contribution in [-0.4, -0.2) is 11.5 Å². The summed E-state index contributed by atoms with van der Waals surface area (Å²) in [5.74, 6) is 7.44. The van der Waals surface area contributed by atoms with Crippen molar-refractivity contribution in [3.8, 4) is 11.8 Å². The van der Waals surface area contributed by atoms with Gasteiger partial charge >= 0.3 is 0 Å². The highest BCUT2D eigenvalue weighted by atomic mass is 16.4. The van der Waals surface area contributed by atoms with Gasteiger partial charge < -0.3 is 9.73 Å². The van der Waals surface area contributed by atoms with Gasteiger partial charge in [0.15, 0.2) is 0 Å². The van der Waals surface area contributed by atoms with Crippen molar-refractivity contribution in [1.82, 2.24) is 10.3 Å². The highest BCUT2D eigenvalue weighted by molar-refractivity contribution is 4.97. The van der Waals surface area contributed by atoms with Crippen molar-refractivity contribution in [2.75, 3.05) is 6.54 Å². The minimum Gasteiger partial charge on any atom is -0.444 e. The Hall–Kier alpha value is -1.27. The summed E-state index contributed by atoms with van der Waals surface area (Å²) in [6.45, 7) is 6.64. The number of nitrogens with one attached hydrogen (secondary N) is 1. The summed E-state index contributed by atoms with van der Waals surface area (Å²) < 4.78 is 5.39. The maximum atomic E-state index is 5.39. The standard InChI is InChI=1S/C11H16N2O/c1-4-5-6-7-12-10(3)11-13-8-9(2)14-11/h8,10,12H,6-7H2,1-3H3. The number of aryl methyl sites for hydroxylation is 1. The van der Waals surface area contributed by atoms with E-state index in [0.29, 0.717) is 0 Å². The van der Waals surface area contributed by atoms with Crippen LogP contribution in [0.1, 0.15) is 38.0 Å². The van der Waals surface area contributed by atoms with Gasteiger partial charge in [-0.15, -0.1) is 11.8 Å². The molecular weight excluding hydrogens is 176 g/mol. The van der Waals surface area contributed by atoms with Crippen LogP contribution in [0, 0.1) is 18.8 Å². The number of aromatic nitrogens is 1. The molecule has 0 saturated heterocycles. The third-order valence-corrected chi connectivity index (χ3v) is 1.89. The minimum atomic E-state index is 0.155. The highest BCUT2D eigenvalue weighted by Crippen LogP contribution is 2.11. The van der Waals surface area contributed by atoms with Crippen molar-refractivity contribution in [2.45, 2.75) is 33.2 Å². The van der Waals surface area contributed by atoms with E-state index in [9.17, 15) is 0 Å². The van der Waals surface area contributed by atoms with Gasteiger partial charge in [-0.25, -0.2) is 4.98 Å². The third-order valence-electron chi connectivity index (χ3n) is 1.89. The van der Waals surface area contributed by atoms with E-state index >= 15 is 0 Å². The molecule has 1 aromatic heterocycles. The molecule has 1 atom stereocenters. The van der Waals surface area contributed by atoms with Gasteiger partial charge in [0, 0.05) is 13.0 Å². The summed E-state index contributed by atoms with van der Waals surface area (Å²) in [6.07, 6.45) is 2.60. The molecule has 1 rings (SSSR count). The zero-order valence-electron chi connectivity index (χ0n) is 8.92. The Morgan fingerprint density at radius 1 is 1.64 bits per heavy atom. The Bertz CT molecular complexity index is 333. The largest absolute Gasteiger partial charge is 0.444 e. The lowest BCUT2D eigenvalue weighted by atomic mass is 10.3. The zero-order valence-corrected chi connectivity index (χ0v) is 8.92. The van der Waals surface area contributed by atoms with Crippen molar-refractivity contribution in [1.29, 1.82) is 0 Å². The maximum Gasteiger partial charge on any atom is 0.211 e. The van der Waals surface area contributed by atoms with Crippen molar-refractivity contribution in [2.24, 2.45) is 0 Å². The summed E-state index contributed by atoms with van der Waals surface area (Å²) in [5, 5.41) is 3.29. The fourth-order valence-corrected chi connectivity index (χ4v) is 1.14. The molecule has 0 aromatic carbocycles. The molecule has 0 bridgehead atoms. The molecule has 0 aliphatic carbocycles. The van der Waals surface area contributed by atoms with Crippen molar-refractivity contribution >= 4 is 0 Å². The second kappa shape index (κ2) is 5.46. The quantitative estimate of drug-likeness (QED) is 0.586. The van der Waals surface area contributed by atoms with Gasteiger partial charge in [0.05, 0.1) is 12.2 Å². The van der Waals surface area contributed by atoms with Crippen LogP contribution >= 0.6 is 0 Å². The average Bonchev–Trinajstić information content (AvgIpc) is 2.59. The molecule has 0 saturated carbocycles. The van der Waals surface area contributed by atoms with Crippen LogP contribution in [0.4, 0.5) is 0 Å². The van der Waals surface area contributed by atoms with Gasteiger partial charge in [0.1, 0.15) is 5.76 Å². The molecule has 14 heavy (non-hydrogen) atoms. The van der Waals surface area contributed by atoms with Crippen molar-refractivity contribution < 1.29 is 4.42 Å². The van der Waals surface area contributed by atoms with Gasteiger partial charge in [-0.05, 0) is 20.8 Å². The van der Waals surface area contributed by atoms with Gasteiger partial charge in [-0.1, -0.05) is 0 Å². The Morgan fingerprint density at radius 3 is 3.00 bits per heavy atom. The second-order valence-corrected chi connectivity index (χ2v) is 3.16. The normalized spacial score (nSPS) is 11.9. The molecule has 1 N–H and O–H groups in total. The molecule has 0 spiro atoms. The zero-order chi connectivity index (χ0) is 10.4. The van der Waals surface area contributed by atoms with E-state index in [4.69, 9.17) is 4.42 Å². The topological polar surface area (TPSA) is 38.1 Å². The number of rotatable bonds is 4. The fourth-order valence-electron chi connectivity index (χ4n) is 1.14. The Kier molecular flexibility index (Phi) is 4.21. The van der Waals surface area contributed by atoms with Gasteiger partial charge in [-0.2, -0.15) is 0 Å². The predicted molar refractivity (Wildman–Crippen MR) is 55.7 cm³/mol. The average molecular weight is 192 g/mol. The Morgan fingerprint density at radius 2 is 2.43 bits per heavy atom. The van der Waals surface area contributed by atoms with Gasteiger partial charge in [-0.3, -0.25) is 0 Å². The van der Waals surface area contributed by atoms with E-state index in [1.54, 1.807) is 6.20 Å². The van der Waals surface area contributed by atoms with Crippen LogP contribution in [-0.2, 0) is 0 Å². The number of hydrogen-bond acceptors (Lipinski definition) is 3. The molecule has 1 unspecified atom stereocenters. The first-order valence-electron chi connectivity index (χ1n) is 4.79. The van der Waals surface area contributed by atoms with Crippen LogP contribution in [0.15, 0.2) is 10.6 Å². The Labute approximate surface area is 84.9 Å². The third kappa shape index (κ3) is 3.23. The first-order chi connectivity index (χ1) is 6.74. The molecular formula is C11H16N2O. The second-order valence-electron chi connectivity index (χ2n) is 3.16. The van der Waals surface area contributed by atoms with Gasteiger partial charge in [0.2, 0.25) is 5.89 Å². The lowest BCUT2D eigenvalue weighted by molar-refractivity contribution is 0.405. The molecule has 0 aliphatic heterocycles. The van der Waals surface area contributed by atoms with E-state index in [-0.39, 0.29) is 6.04 Å². The number of oxazole rings is 1. The first kappa shape index (κ1) is 10.8. The van der Waals surface area contributed by atoms with Gasteiger partial charge in [0.25, 0.3) is 0 Å². The molecule has 0 fully saturated rings. The first-order valence-corrected chi connectivity index (χ1v) is 4.79. The summed E-state index contributed by atoms with van der Waals surface area (Å²) in [4.78, 5) is 4.15. The SMILES string of the molecule is CC#CCCNC(C)c1ncc(C)o1.